The van der Waals surface area contributed by atoms with Crippen LogP contribution in [0.3, 0.4) is 0 Å². The molecular weight excluding hydrogens is 256 g/mol. The van der Waals surface area contributed by atoms with Crippen molar-refractivity contribution in [2.45, 2.75) is 37.6 Å². The Bertz CT molecular complexity index is 479. The highest BCUT2D eigenvalue weighted by Crippen LogP contribution is 2.44. The lowest BCUT2D eigenvalue weighted by Crippen LogP contribution is -2.30. The standard InChI is InChI=1S/C14H20N4S/c1-2-9(1)13-15-16-14(19-13)18-7-10-5-17(12-3-4-12)6-11(10)8-18/h9-12H,1-8H2. The quantitative estimate of drug-likeness (QED) is 0.844. The molecule has 2 saturated heterocycles. The van der Waals surface area contributed by atoms with Crippen molar-refractivity contribution in [3.8, 4) is 0 Å². The van der Waals surface area contributed by atoms with E-state index in [4.69, 9.17) is 0 Å². The molecule has 4 fully saturated rings. The number of aromatic nitrogens is 2. The highest BCUT2D eigenvalue weighted by atomic mass is 32.1. The van der Waals surface area contributed by atoms with Gasteiger partial charge in [-0.2, -0.15) is 0 Å². The van der Waals surface area contributed by atoms with Crippen molar-refractivity contribution in [3.63, 3.8) is 0 Å². The van der Waals surface area contributed by atoms with Crippen LogP contribution in [0.5, 0.6) is 0 Å². The van der Waals surface area contributed by atoms with E-state index in [-0.39, 0.29) is 0 Å². The van der Waals surface area contributed by atoms with Gasteiger partial charge in [-0.1, -0.05) is 11.3 Å². The van der Waals surface area contributed by atoms with Gasteiger partial charge in [0.25, 0.3) is 0 Å². The molecule has 19 heavy (non-hydrogen) atoms. The Morgan fingerprint density at radius 2 is 1.63 bits per heavy atom. The summed E-state index contributed by atoms with van der Waals surface area (Å²) in [6.07, 6.45) is 5.56. The molecule has 2 saturated carbocycles. The van der Waals surface area contributed by atoms with Gasteiger partial charge in [0, 0.05) is 38.1 Å². The lowest BCUT2D eigenvalue weighted by Gasteiger charge is -2.20. The van der Waals surface area contributed by atoms with E-state index in [0.717, 1.165) is 23.8 Å². The molecule has 102 valence electrons. The van der Waals surface area contributed by atoms with E-state index >= 15 is 0 Å². The summed E-state index contributed by atoms with van der Waals surface area (Å²) < 4.78 is 0. The van der Waals surface area contributed by atoms with Gasteiger partial charge in [-0.25, -0.2) is 0 Å². The van der Waals surface area contributed by atoms with Crippen molar-refractivity contribution in [1.82, 2.24) is 15.1 Å². The zero-order valence-electron chi connectivity index (χ0n) is 11.2. The molecule has 0 bridgehead atoms. The van der Waals surface area contributed by atoms with Crippen LogP contribution in [0, 0.1) is 11.8 Å². The van der Waals surface area contributed by atoms with Gasteiger partial charge in [-0.15, -0.1) is 10.2 Å². The van der Waals surface area contributed by atoms with Gasteiger partial charge in [0.2, 0.25) is 5.13 Å². The summed E-state index contributed by atoms with van der Waals surface area (Å²) >= 11 is 1.85. The molecule has 5 rings (SSSR count). The van der Waals surface area contributed by atoms with Crippen LogP contribution in [-0.4, -0.2) is 47.3 Å². The molecule has 0 amide bonds. The Labute approximate surface area is 117 Å². The maximum Gasteiger partial charge on any atom is 0.208 e. The van der Waals surface area contributed by atoms with Crippen molar-refractivity contribution < 1.29 is 0 Å². The SMILES string of the molecule is C1CC1c1nnc(N2CC3CN(C4CC4)CC3C2)s1. The van der Waals surface area contributed by atoms with Gasteiger partial charge < -0.3 is 4.90 Å². The zero-order chi connectivity index (χ0) is 12.4. The first kappa shape index (κ1) is 11.0. The Kier molecular flexibility index (Phi) is 2.27. The average Bonchev–Trinajstić information content (AvgIpc) is 3.30. The molecule has 1 aromatic rings. The molecule has 2 atom stereocenters. The first-order valence-electron chi connectivity index (χ1n) is 7.69. The molecule has 2 unspecified atom stereocenters. The van der Waals surface area contributed by atoms with E-state index in [2.05, 4.69) is 20.0 Å². The first-order valence-corrected chi connectivity index (χ1v) is 8.51. The third-order valence-corrected chi connectivity index (χ3v) is 6.35. The predicted octanol–water partition coefficient (Wildman–Crippen LogP) is 1.95. The summed E-state index contributed by atoms with van der Waals surface area (Å²) in [5, 5.41) is 11.3. The minimum atomic E-state index is 0.749. The first-order chi connectivity index (χ1) is 9.37. The van der Waals surface area contributed by atoms with E-state index in [1.165, 1.54) is 62.0 Å². The van der Waals surface area contributed by atoms with Crippen LogP contribution in [0.4, 0.5) is 5.13 Å². The maximum atomic E-state index is 4.43. The second-order valence-corrected chi connectivity index (χ2v) is 7.79. The van der Waals surface area contributed by atoms with E-state index < -0.39 is 0 Å². The van der Waals surface area contributed by atoms with Gasteiger partial charge >= 0.3 is 0 Å². The number of anilines is 1. The molecular formula is C14H20N4S. The van der Waals surface area contributed by atoms with Gasteiger partial charge in [0.05, 0.1) is 0 Å². The van der Waals surface area contributed by atoms with Crippen LogP contribution < -0.4 is 4.90 Å². The van der Waals surface area contributed by atoms with E-state index in [1.807, 2.05) is 11.3 Å². The van der Waals surface area contributed by atoms with Gasteiger partial charge in [0.15, 0.2) is 0 Å². The third-order valence-electron chi connectivity index (χ3n) is 5.20. The summed E-state index contributed by atoms with van der Waals surface area (Å²) in [5.41, 5.74) is 0. The smallest absolute Gasteiger partial charge is 0.208 e. The monoisotopic (exact) mass is 276 g/mol. The highest BCUT2D eigenvalue weighted by molar-refractivity contribution is 7.15. The Hall–Kier alpha value is -0.680. The molecule has 2 aliphatic heterocycles. The van der Waals surface area contributed by atoms with Crippen LogP contribution in [0.2, 0.25) is 0 Å². The molecule has 0 spiro atoms. The van der Waals surface area contributed by atoms with Crippen LogP contribution in [0.15, 0.2) is 0 Å². The number of fused-ring (bicyclic) bond motifs is 1. The van der Waals surface area contributed by atoms with E-state index in [0.29, 0.717) is 0 Å². The lowest BCUT2D eigenvalue weighted by atomic mass is 10.0. The number of likely N-dealkylation sites (tertiary alicyclic amines) is 1. The Morgan fingerprint density at radius 3 is 2.26 bits per heavy atom. The second-order valence-electron chi connectivity index (χ2n) is 6.81. The minimum absolute atomic E-state index is 0.749. The average molecular weight is 276 g/mol. The molecule has 3 heterocycles. The summed E-state index contributed by atoms with van der Waals surface area (Å²) in [4.78, 5) is 5.24. The van der Waals surface area contributed by atoms with Crippen molar-refractivity contribution >= 4 is 16.5 Å². The van der Waals surface area contributed by atoms with Gasteiger partial charge in [-0.3, -0.25) is 4.90 Å². The molecule has 1 aromatic heterocycles. The summed E-state index contributed by atoms with van der Waals surface area (Å²) in [7, 11) is 0. The van der Waals surface area contributed by atoms with Crippen LogP contribution in [-0.2, 0) is 0 Å². The molecule has 4 aliphatic rings. The number of hydrogen-bond donors (Lipinski definition) is 0. The second kappa shape index (κ2) is 3.92. The van der Waals surface area contributed by atoms with Gasteiger partial charge in [-0.05, 0) is 37.5 Å². The minimum Gasteiger partial charge on any atom is -0.346 e. The molecule has 0 N–H and O–H groups in total. The van der Waals surface area contributed by atoms with Crippen molar-refractivity contribution in [2.75, 3.05) is 31.1 Å². The molecule has 0 radical (unpaired) electrons. The molecule has 5 heteroatoms. The summed E-state index contributed by atoms with van der Waals surface area (Å²) in [6, 6.07) is 0.946. The fraction of sp³-hybridized carbons (Fsp3) is 0.857. The normalized spacial score (nSPS) is 35.1. The lowest BCUT2D eigenvalue weighted by molar-refractivity contribution is 0.306. The number of hydrogen-bond acceptors (Lipinski definition) is 5. The topological polar surface area (TPSA) is 32.3 Å². The molecule has 2 aliphatic carbocycles. The van der Waals surface area contributed by atoms with Crippen LogP contribution in [0.1, 0.15) is 36.6 Å². The Morgan fingerprint density at radius 1 is 0.895 bits per heavy atom. The molecule has 4 nitrogen and oxygen atoms in total. The van der Waals surface area contributed by atoms with Crippen LogP contribution in [0.25, 0.3) is 0 Å². The number of nitrogens with zero attached hydrogens (tertiary/aromatic N) is 4. The number of rotatable bonds is 3. The Balaban J connectivity index is 1.28. The maximum absolute atomic E-state index is 4.43. The predicted molar refractivity (Wildman–Crippen MR) is 75.7 cm³/mol. The highest BCUT2D eigenvalue weighted by Gasteiger charge is 2.45. The van der Waals surface area contributed by atoms with Crippen LogP contribution >= 0.6 is 11.3 Å². The molecule has 0 aromatic carbocycles. The third kappa shape index (κ3) is 1.89. The summed E-state index contributed by atoms with van der Waals surface area (Å²) in [6.45, 7) is 5.10. The van der Waals surface area contributed by atoms with E-state index in [1.54, 1.807) is 0 Å². The summed E-state index contributed by atoms with van der Waals surface area (Å²) in [5.74, 6) is 2.52. The van der Waals surface area contributed by atoms with Crippen molar-refractivity contribution in [1.29, 1.82) is 0 Å². The zero-order valence-corrected chi connectivity index (χ0v) is 12.0. The van der Waals surface area contributed by atoms with Gasteiger partial charge in [0.1, 0.15) is 5.01 Å². The van der Waals surface area contributed by atoms with E-state index in [9.17, 15) is 0 Å². The van der Waals surface area contributed by atoms with Crippen molar-refractivity contribution in [3.05, 3.63) is 5.01 Å². The fourth-order valence-corrected chi connectivity index (χ4v) is 4.80. The largest absolute Gasteiger partial charge is 0.346 e. The van der Waals surface area contributed by atoms with Crippen molar-refractivity contribution in [2.24, 2.45) is 11.8 Å². The fourth-order valence-electron chi connectivity index (χ4n) is 3.77.